The number of para-hydroxylation sites is 2. The van der Waals surface area contributed by atoms with E-state index < -0.39 is 29.6 Å². The van der Waals surface area contributed by atoms with Crippen molar-refractivity contribution >= 4 is 41.0 Å². The third-order valence-corrected chi connectivity index (χ3v) is 5.25. The Morgan fingerprint density at radius 3 is 2.03 bits per heavy atom. The molecule has 9 nitrogen and oxygen atoms in total. The normalized spacial score (nSPS) is 12.2. The maximum Gasteiger partial charge on any atom is 0.308 e. The summed E-state index contributed by atoms with van der Waals surface area (Å²) < 4.78 is 5.01. The molecule has 0 saturated heterocycles. The number of ether oxygens (including phenoxy) is 1. The topological polar surface area (TPSA) is 122 Å². The van der Waals surface area contributed by atoms with Crippen LogP contribution in [-0.4, -0.2) is 41.0 Å². The zero-order valence-electron chi connectivity index (χ0n) is 18.7. The van der Waals surface area contributed by atoms with E-state index in [2.05, 4.69) is 10.6 Å². The number of carbonyl (C=O) groups excluding carboxylic acids is 5. The SMILES string of the molecule is CC(=O)Oc1cccc(C(=O)Nc2ccccc2NC(=O)CCN2C(=O)c3ccccc3C2=O)c1. The average Bonchev–Trinajstić information content (AvgIpc) is 3.08. The lowest BCUT2D eigenvalue weighted by atomic mass is 10.1. The molecular weight excluding hydrogens is 450 g/mol. The van der Waals surface area contributed by atoms with Gasteiger partial charge in [-0.15, -0.1) is 0 Å². The van der Waals surface area contributed by atoms with E-state index in [0.717, 1.165) is 4.90 Å². The molecular formula is C26H21N3O6. The van der Waals surface area contributed by atoms with Gasteiger partial charge in [0.05, 0.1) is 22.5 Å². The Kier molecular flexibility index (Phi) is 6.68. The van der Waals surface area contributed by atoms with Crippen molar-refractivity contribution in [3.05, 3.63) is 89.5 Å². The molecule has 9 heteroatoms. The molecule has 0 saturated carbocycles. The molecule has 4 amide bonds. The number of rotatable bonds is 7. The van der Waals surface area contributed by atoms with Crippen LogP contribution in [0.1, 0.15) is 44.4 Å². The third-order valence-electron chi connectivity index (χ3n) is 5.25. The van der Waals surface area contributed by atoms with Crippen LogP contribution in [0.25, 0.3) is 0 Å². The van der Waals surface area contributed by atoms with Crippen molar-refractivity contribution in [1.29, 1.82) is 0 Å². The highest BCUT2D eigenvalue weighted by molar-refractivity contribution is 6.21. The summed E-state index contributed by atoms with van der Waals surface area (Å²) >= 11 is 0. The van der Waals surface area contributed by atoms with Gasteiger partial charge in [-0.3, -0.25) is 28.9 Å². The number of nitrogens with zero attached hydrogens (tertiary/aromatic N) is 1. The molecule has 0 bridgehead atoms. The van der Waals surface area contributed by atoms with Gasteiger partial charge in [0.1, 0.15) is 5.75 Å². The Morgan fingerprint density at radius 1 is 0.800 bits per heavy atom. The molecule has 2 N–H and O–H groups in total. The summed E-state index contributed by atoms with van der Waals surface area (Å²) in [7, 11) is 0. The number of anilines is 2. The molecule has 4 rings (SSSR count). The van der Waals surface area contributed by atoms with E-state index in [1.54, 1.807) is 66.7 Å². The highest BCUT2D eigenvalue weighted by Gasteiger charge is 2.35. The highest BCUT2D eigenvalue weighted by Crippen LogP contribution is 2.24. The van der Waals surface area contributed by atoms with E-state index in [9.17, 15) is 24.0 Å². The molecule has 3 aromatic carbocycles. The summed E-state index contributed by atoms with van der Waals surface area (Å²) in [6.45, 7) is 1.19. The molecule has 1 heterocycles. The number of carbonyl (C=O) groups is 5. The second-order valence-electron chi connectivity index (χ2n) is 7.73. The number of fused-ring (bicyclic) bond motifs is 1. The number of esters is 1. The first-order valence-electron chi connectivity index (χ1n) is 10.8. The number of amides is 4. The standard InChI is InChI=1S/C26H21N3O6/c1-16(30)35-18-8-6-7-17(15-18)24(32)28-22-12-5-4-11-21(22)27-23(31)13-14-29-25(33)19-9-2-3-10-20(19)26(29)34/h2-12,15H,13-14H2,1H3,(H,27,31)(H,28,32). The molecule has 0 atom stereocenters. The Labute approximate surface area is 200 Å². The third kappa shape index (κ3) is 5.25. The van der Waals surface area contributed by atoms with Crippen molar-refractivity contribution < 1.29 is 28.7 Å². The van der Waals surface area contributed by atoms with Crippen LogP contribution in [-0.2, 0) is 9.59 Å². The second-order valence-corrected chi connectivity index (χ2v) is 7.73. The summed E-state index contributed by atoms with van der Waals surface area (Å²) in [5.41, 5.74) is 1.61. The van der Waals surface area contributed by atoms with Crippen LogP contribution in [0.15, 0.2) is 72.8 Å². The Bertz CT molecular complexity index is 1320. The van der Waals surface area contributed by atoms with Crippen molar-refractivity contribution in [2.75, 3.05) is 17.2 Å². The van der Waals surface area contributed by atoms with Crippen molar-refractivity contribution in [2.45, 2.75) is 13.3 Å². The van der Waals surface area contributed by atoms with Gasteiger partial charge in [0, 0.05) is 25.5 Å². The first-order chi connectivity index (χ1) is 16.8. The fourth-order valence-electron chi connectivity index (χ4n) is 3.63. The molecule has 1 aliphatic heterocycles. The maximum atomic E-state index is 12.7. The molecule has 0 radical (unpaired) electrons. The maximum absolute atomic E-state index is 12.7. The van der Waals surface area contributed by atoms with Crippen LogP contribution in [0, 0.1) is 0 Å². The molecule has 0 aromatic heterocycles. The zero-order valence-corrected chi connectivity index (χ0v) is 18.7. The Balaban J connectivity index is 1.39. The van der Waals surface area contributed by atoms with E-state index in [-0.39, 0.29) is 24.3 Å². The van der Waals surface area contributed by atoms with Gasteiger partial charge in [0.15, 0.2) is 0 Å². The van der Waals surface area contributed by atoms with Crippen molar-refractivity contribution in [3.8, 4) is 5.75 Å². The summed E-state index contributed by atoms with van der Waals surface area (Å²) in [5, 5.41) is 5.43. The number of hydrogen-bond donors (Lipinski definition) is 2. The van der Waals surface area contributed by atoms with Crippen molar-refractivity contribution in [2.24, 2.45) is 0 Å². The molecule has 0 fully saturated rings. The van der Waals surface area contributed by atoms with Crippen LogP contribution in [0.4, 0.5) is 11.4 Å². The minimum atomic E-state index is -0.503. The van der Waals surface area contributed by atoms with Crippen molar-refractivity contribution in [3.63, 3.8) is 0 Å². The van der Waals surface area contributed by atoms with Gasteiger partial charge in [0.2, 0.25) is 5.91 Å². The highest BCUT2D eigenvalue weighted by atomic mass is 16.5. The molecule has 0 spiro atoms. The van der Waals surface area contributed by atoms with Gasteiger partial charge in [-0.1, -0.05) is 30.3 Å². The second kappa shape index (κ2) is 10.0. The van der Waals surface area contributed by atoms with E-state index >= 15 is 0 Å². The largest absolute Gasteiger partial charge is 0.427 e. The molecule has 1 aliphatic rings. The molecule has 3 aromatic rings. The summed E-state index contributed by atoms with van der Waals surface area (Å²) in [5.74, 6) is -2.02. The lowest BCUT2D eigenvalue weighted by Gasteiger charge is -2.15. The fourth-order valence-corrected chi connectivity index (χ4v) is 3.63. The van der Waals surface area contributed by atoms with E-state index in [1.165, 1.54) is 13.0 Å². The molecule has 0 unspecified atom stereocenters. The molecule has 35 heavy (non-hydrogen) atoms. The van der Waals surface area contributed by atoms with Gasteiger partial charge in [0.25, 0.3) is 17.7 Å². The van der Waals surface area contributed by atoms with Crippen LogP contribution >= 0.6 is 0 Å². The first-order valence-corrected chi connectivity index (χ1v) is 10.8. The van der Waals surface area contributed by atoms with Gasteiger partial charge in [-0.05, 0) is 42.5 Å². The number of benzene rings is 3. The Hall–Kier alpha value is -4.79. The van der Waals surface area contributed by atoms with E-state index in [1.807, 2.05) is 0 Å². The first kappa shape index (κ1) is 23.4. The van der Waals surface area contributed by atoms with Crippen LogP contribution in [0.3, 0.4) is 0 Å². The quantitative estimate of drug-likeness (QED) is 0.309. The summed E-state index contributed by atoms with van der Waals surface area (Å²) in [6, 6.07) is 19.3. The van der Waals surface area contributed by atoms with Crippen LogP contribution in [0.2, 0.25) is 0 Å². The van der Waals surface area contributed by atoms with Gasteiger partial charge in [-0.25, -0.2) is 0 Å². The smallest absolute Gasteiger partial charge is 0.308 e. The Morgan fingerprint density at radius 2 is 1.40 bits per heavy atom. The molecule has 176 valence electrons. The van der Waals surface area contributed by atoms with Crippen LogP contribution < -0.4 is 15.4 Å². The fraction of sp³-hybridized carbons (Fsp3) is 0.115. The zero-order chi connectivity index (χ0) is 24.9. The van der Waals surface area contributed by atoms with Crippen LogP contribution in [0.5, 0.6) is 5.75 Å². The number of nitrogens with one attached hydrogen (secondary N) is 2. The minimum Gasteiger partial charge on any atom is -0.427 e. The average molecular weight is 471 g/mol. The summed E-state index contributed by atoms with van der Waals surface area (Å²) in [4.78, 5) is 62.5. The van der Waals surface area contributed by atoms with Crippen molar-refractivity contribution in [1.82, 2.24) is 4.90 Å². The predicted octanol–water partition coefficient (Wildman–Crippen LogP) is 3.49. The van der Waals surface area contributed by atoms with Gasteiger partial charge >= 0.3 is 5.97 Å². The number of hydrogen-bond acceptors (Lipinski definition) is 6. The lowest BCUT2D eigenvalue weighted by molar-refractivity contribution is -0.131. The van der Waals surface area contributed by atoms with E-state index in [4.69, 9.17) is 4.74 Å². The number of imide groups is 1. The lowest BCUT2D eigenvalue weighted by Crippen LogP contribution is -2.33. The van der Waals surface area contributed by atoms with E-state index in [0.29, 0.717) is 22.5 Å². The summed E-state index contributed by atoms with van der Waals surface area (Å²) in [6.07, 6.45) is -0.113. The van der Waals surface area contributed by atoms with Gasteiger partial charge in [-0.2, -0.15) is 0 Å². The minimum absolute atomic E-state index is 0.0738. The molecule has 0 aliphatic carbocycles. The van der Waals surface area contributed by atoms with Gasteiger partial charge < -0.3 is 15.4 Å². The predicted molar refractivity (Wildman–Crippen MR) is 127 cm³/mol. The monoisotopic (exact) mass is 471 g/mol.